The van der Waals surface area contributed by atoms with Crippen LogP contribution in [0.1, 0.15) is 89.9 Å². The lowest BCUT2D eigenvalue weighted by atomic mass is 9.73. The van der Waals surface area contributed by atoms with Crippen LogP contribution in [0.5, 0.6) is 0 Å². The summed E-state index contributed by atoms with van der Waals surface area (Å²) < 4.78 is -0.205. The maximum Gasteiger partial charge on any atom is 0.236 e. The van der Waals surface area contributed by atoms with Crippen molar-refractivity contribution in [1.82, 2.24) is 0 Å². The molecule has 6 heteroatoms. The molecule has 0 spiro atoms. The molecule has 0 aromatic carbocycles. The summed E-state index contributed by atoms with van der Waals surface area (Å²) in [4.78, 5) is 31.1. The fraction of sp³-hybridized carbons (Fsp3) is 0.909. The smallest absolute Gasteiger partial charge is 0.211 e. The van der Waals surface area contributed by atoms with Crippen molar-refractivity contribution in [3.05, 3.63) is 0 Å². The molecule has 2 aliphatic carbocycles. The number of carbonyl (C=O) groups excluding carboxylic acids is 2. The molecule has 4 nitrogen and oxygen atoms in total. The molecule has 3 atom stereocenters. The van der Waals surface area contributed by atoms with E-state index < -0.39 is 4.87 Å². The molecule has 0 saturated heterocycles. The van der Waals surface area contributed by atoms with E-state index in [1.807, 2.05) is 30.2 Å². The molecule has 0 aromatic heterocycles. The first-order chi connectivity index (χ1) is 13.7. The largest absolute Gasteiger partial charge is 0.236 e. The van der Waals surface area contributed by atoms with Gasteiger partial charge in [-0.1, -0.05) is 64.2 Å². The Balaban J connectivity index is 2.61. The lowest BCUT2D eigenvalue weighted by molar-refractivity contribution is 0.225. The molecular weight excluding hydrogens is 388 g/mol. The van der Waals surface area contributed by atoms with Crippen LogP contribution in [0, 0.1) is 5.92 Å². The van der Waals surface area contributed by atoms with E-state index >= 15 is 0 Å². The summed E-state index contributed by atoms with van der Waals surface area (Å²) in [5.41, 5.74) is 0. The number of thioether (sulfide) groups is 2. The Morgan fingerprint density at radius 3 is 1.86 bits per heavy atom. The predicted octanol–water partition coefficient (Wildman–Crippen LogP) is 6.29. The van der Waals surface area contributed by atoms with Crippen molar-refractivity contribution in [3.63, 3.8) is 0 Å². The monoisotopic (exact) mass is 424 g/mol. The van der Waals surface area contributed by atoms with Crippen LogP contribution in [0.15, 0.2) is 9.98 Å². The molecule has 0 amide bonds. The standard InChI is InChI=1S/C22H36N2O2S2/c1-27-21(19-13-9-5-3-4-6-10-14-19)16-12-8-7-11-15-20(23-17-25)22(21,28-2)24-18-26/h19-20H,3-16H2,1-2H3. The van der Waals surface area contributed by atoms with E-state index in [1.165, 1.54) is 57.8 Å². The van der Waals surface area contributed by atoms with Gasteiger partial charge in [-0.15, -0.1) is 11.8 Å². The highest BCUT2D eigenvalue weighted by Crippen LogP contribution is 2.58. The van der Waals surface area contributed by atoms with Gasteiger partial charge in [0, 0.05) is 0 Å². The first kappa shape index (κ1) is 23.7. The third-order valence-corrected chi connectivity index (χ3v) is 10.0. The van der Waals surface area contributed by atoms with Gasteiger partial charge in [-0.25, -0.2) is 9.59 Å². The second-order valence-corrected chi connectivity index (χ2v) is 10.4. The SMILES string of the molecule is CSC1(C2CCCCCCCC2)CCCCCCC(N=C=O)C1(N=C=O)SC. The lowest BCUT2D eigenvalue weighted by Gasteiger charge is -2.52. The van der Waals surface area contributed by atoms with Gasteiger partial charge in [0.25, 0.3) is 0 Å². The highest BCUT2D eigenvalue weighted by Gasteiger charge is 2.59. The summed E-state index contributed by atoms with van der Waals surface area (Å²) in [6, 6.07) is -0.306. The van der Waals surface area contributed by atoms with Gasteiger partial charge in [-0.3, -0.25) is 0 Å². The Morgan fingerprint density at radius 2 is 1.32 bits per heavy atom. The van der Waals surface area contributed by atoms with Gasteiger partial charge in [0.15, 0.2) is 4.87 Å². The second-order valence-electron chi connectivity index (χ2n) is 8.28. The van der Waals surface area contributed by atoms with E-state index in [0.717, 1.165) is 32.1 Å². The van der Waals surface area contributed by atoms with Crippen LogP contribution in [0.4, 0.5) is 0 Å². The van der Waals surface area contributed by atoms with Crippen molar-refractivity contribution in [2.45, 2.75) is 106 Å². The van der Waals surface area contributed by atoms with Crippen LogP contribution in [0.3, 0.4) is 0 Å². The van der Waals surface area contributed by atoms with Gasteiger partial charge in [-0.05, 0) is 44.1 Å². The Bertz CT molecular complexity index is 565. The molecule has 0 heterocycles. The van der Waals surface area contributed by atoms with Crippen LogP contribution in [-0.2, 0) is 9.59 Å². The number of isocyanates is 2. The zero-order valence-corrected chi connectivity index (χ0v) is 19.2. The van der Waals surface area contributed by atoms with Crippen molar-refractivity contribution < 1.29 is 9.59 Å². The molecule has 0 aromatic rings. The van der Waals surface area contributed by atoms with Gasteiger partial charge in [0.05, 0.1) is 10.8 Å². The van der Waals surface area contributed by atoms with Crippen molar-refractivity contribution in [2.24, 2.45) is 15.9 Å². The van der Waals surface area contributed by atoms with E-state index in [1.54, 1.807) is 11.8 Å². The van der Waals surface area contributed by atoms with Gasteiger partial charge < -0.3 is 0 Å². The summed E-state index contributed by atoms with van der Waals surface area (Å²) in [6.45, 7) is 0. The zero-order valence-electron chi connectivity index (χ0n) is 17.6. The Kier molecular flexibility index (Phi) is 10.4. The third-order valence-electron chi connectivity index (χ3n) is 6.94. The molecule has 0 radical (unpaired) electrons. The number of hydrogen-bond acceptors (Lipinski definition) is 6. The molecule has 28 heavy (non-hydrogen) atoms. The minimum atomic E-state index is -0.741. The summed E-state index contributed by atoms with van der Waals surface area (Å²) >= 11 is 3.49. The van der Waals surface area contributed by atoms with Gasteiger partial charge >= 0.3 is 0 Å². The molecule has 0 N–H and O–H groups in total. The quantitative estimate of drug-likeness (QED) is 0.384. The first-order valence-electron chi connectivity index (χ1n) is 11.0. The van der Waals surface area contributed by atoms with E-state index in [4.69, 9.17) is 0 Å². The number of nitrogens with zero attached hydrogens (tertiary/aromatic N) is 2. The van der Waals surface area contributed by atoms with Crippen molar-refractivity contribution in [1.29, 1.82) is 0 Å². The van der Waals surface area contributed by atoms with E-state index in [-0.39, 0.29) is 10.8 Å². The number of hydrogen-bond donors (Lipinski definition) is 0. The fourth-order valence-corrected chi connectivity index (χ4v) is 8.63. The average molecular weight is 425 g/mol. The van der Waals surface area contributed by atoms with E-state index in [9.17, 15) is 9.59 Å². The second kappa shape index (κ2) is 12.2. The fourth-order valence-electron chi connectivity index (χ4n) is 5.55. The van der Waals surface area contributed by atoms with Gasteiger partial charge in [0.1, 0.15) is 0 Å². The van der Waals surface area contributed by atoms with Crippen LogP contribution in [0.25, 0.3) is 0 Å². The minimum absolute atomic E-state index is 0.205. The molecular formula is C22H36N2O2S2. The van der Waals surface area contributed by atoms with Crippen LogP contribution >= 0.6 is 23.5 Å². The van der Waals surface area contributed by atoms with E-state index in [0.29, 0.717) is 5.92 Å². The van der Waals surface area contributed by atoms with Crippen LogP contribution in [0.2, 0.25) is 0 Å². The minimum Gasteiger partial charge on any atom is -0.211 e. The molecule has 3 unspecified atom stereocenters. The van der Waals surface area contributed by atoms with E-state index in [2.05, 4.69) is 16.2 Å². The van der Waals surface area contributed by atoms with Crippen molar-refractivity contribution in [2.75, 3.05) is 12.5 Å². The van der Waals surface area contributed by atoms with Crippen LogP contribution in [-0.4, -0.2) is 40.3 Å². The molecule has 0 aliphatic heterocycles. The highest BCUT2D eigenvalue weighted by atomic mass is 32.2. The molecule has 0 bridgehead atoms. The topological polar surface area (TPSA) is 58.9 Å². The highest BCUT2D eigenvalue weighted by molar-refractivity contribution is 8.04. The Morgan fingerprint density at radius 1 is 0.750 bits per heavy atom. The number of aliphatic imine (C=N–C) groups is 2. The lowest BCUT2D eigenvalue weighted by Crippen LogP contribution is -2.58. The predicted molar refractivity (Wildman–Crippen MR) is 121 cm³/mol. The van der Waals surface area contributed by atoms with Crippen LogP contribution < -0.4 is 0 Å². The van der Waals surface area contributed by atoms with Gasteiger partial charge in [0.2, 0.25) is 12.2 Å². The normalized spacial score (nSPS) is 33.6. The van der Waals surface area contributed by atoms with Gasteiger partial charge in [-0.2, -0.15) is 21.7 Å². The maximum absolute atomic E-state index is 11.7. The van der Waals surface area contributed by atoms with Crippen molar-refractivity contribution >= 4 is 35.7 Å². The molecule has 158 valence electrons. The first-order valence-corrected chi connectivity index (χ1v) is 13.4. The molecule has 2 fully saturated rings. The molecule has 2 rings (SSSR count). The van der Waals surface area contributed by atoms with Crippen molar-refractivity contribution in [3.8, 4) is 0 Å². The Labute approximate surface area is 179 Å². The summed E-state index contributed by atoms with van der Waals surface area (Å²) in [6.07, 6.45) is 24.3. The average Bonchev–Trinajstić information content (AvgIpc) is 2.89. The molecule has 2 aliphatic rings. The maximum atomic E-state index is 11.7. The molecule has 2 saturated carbocycles. The zero-order chi connectivity index (χ0) is 20.3. The summed E-state index contributed by atoms with van der Waals surface area (Å²) in [5, 5.41) is 0. The summed E-state index contributed by atoms with van der Waals surface area (Å²) in [5.74, 6) is 0.479. The number of rotatable bonds is 5. The summed E-state index contributed by atoms with van der Waals surface area (Å²) in [7, 11) is 0. The Hall–Kier alpha value is -0.540. The third kappa shape index (κ3) is 5.14.